The Labute approximate surface area is 125 Å². The van der Waals surface area contributed by atoms with Gasteiger partial charge in [0.15, 0.2) is 0 Å². The number of hydrogen-bond donors (Lipinski definition) is 1. The maximum atomic E-state index is 5.66. The predicted molar refractivity (Wildman–Crippen MR) is 81.9 cm³/mol. The molecule has 0 aliphatic heterocycles. The standard InChI is InChI=1S/C15H22N4O2/c1-15(2,3)16-10-13-17-18-14(21-13)19(4)11-6-8-12(20-5)9-7-11/h6-9,16H,10H2,1-5H3. The van der Waals surface area contributed by atoms with Gasteiger partial charge in [0, 0.05) is 18.3 Å². The van der Waals surface area contributed by atoms with Gasteiger partial charge in [-0.1, -0.05) is 5.10 Å². The lowest BCUT2D eigenvalue weighted by Crippen LogP contribution is -2.35. The van der Waals surface area contributed by atoms with E-state index in [0.29, 0.717) is 18.5 Å². The van der Waals surface area contributed by atoms with Crippen LogP contribution in [0.3, 0.4) is 0 Å². The van der Waals surface area contributed by atoms with E-state index in [1.165, 1.54) is 0 Å². The summed E-state index contributed by atoms with van der Waals surface area (Å²) in [7, 11) is 3.53. The minimum atomic E-state index is 0.0104. The average molecular weight is 290 g/mol. The van der Waals surface area contributed by atoms with Crippen molar-refractivity contribution in [3.05, 3.63) is 30.2 Å². The third-order valence-electron chi connectivity index (χ3n) is 2.97. The molecule has 0 atom stereocenters. The second kappa shape index (κ2) is 6.13. The third-order valence-corrected chi connectivity index (χ3v) is 2.97. The molecule has 1 heterocycles. The second-order valence-corrected chi connectivity index (χ2v) is 5.84. The van der Waals surface area contributed by atoms with Gasteiger partial charge in [-0.3, -0.25) is 4.90 Å². The van der Waals surface area contributed by atoms with Gasteiger partial charge in [-0.2, -0.15) is 0 Å². The lowest BCUT2D eigenvalue weighted by atomic mass is 10.1. The fourth-order valence-corrected chi connectivity index (χ4v) is 1.71. The van der Waals surface area contributed by atoms with Crippen LogP contribution in [-0.4, -0.2) is 29.9 Å². The highest BCUT2D eigenvalue weighted by Crippen LogP contribution is 2.24. The molecule has 0 spiro atoms. The summed E-state index contributed by atoms with van der Waals surface area (Å²) in [4.78, 5) is 1.84. The third kappa shape index (κ3) is 4.19. The van der Waals surface area contributed by atoms with Gasteiger partial charge < -0.3 is 14.5 Å². The average Bonchev–Trinajstić information content (AvgIpc) is 2.93. The molecule has 0 unspecified atom stereocenters. The van der Waals surface area contributed by atoms with Crippen LogP contribution >= 0.6 is 0 Å². The highest BCUT2D eigenvalue weighted by Gasteiger charge is 2.15. The number of hydrogen-bond acceptors (Lipinski definition) is 6. The lowest BCUT2D eigenvalue weighted by molar-refractivity contribution is 0.382. The normalized spacial score (nSPS) is 11.5. The molecule has 0 saturated heterocycles. The maximum absolute atomic E-state index is 5.66. The number of nitrogens with one attached hydrogen (secondary N) is 1. The van der Waals surface area contributed by atoms with Crippen LogP contribution in [0.4, 0.5) is 11.7 Å². The molecule has 0 amide bonds. The molecular weight excluding hydrogens is 268 g/mol. The Morgan fingerprint density at radius 3 is 2.43 bits per heavy atom. The van der Waals surface area contributed by atoms with Gasteiger partial charge in [0.25, 0.3) is 0 Å². The van der Waals surface area contributed by atoms with Crippen LogP contribution in [0.5, 0.6) is 5.75 Å². The minimum Gasteiger partial charge on any atom is -0.497 e. The number of ether oxygens (including phenoxy) is 1. The van der Waals surface area contributed by atoms with Crippen molar-refractivity contribution in [3.63, 3.8) is 0 Å². The largest absolute Gasteiger partial charge is 0.497 e. The van der Waals surface area contributed by atoms with Crippen molar-refractivity contribution in [2.24, 2.45) is 0 Å². The number of aromatic nitrogens is 2. The van der Waals surface area contributed by atoms with E-state index >= 15 is 0 Å². The summed E-state index contributed by atoms with van der Waals surface area (Å²) < 4.78 is 10.8. The zero-order valence-electron chi connectivity index (χ0n) is 13.2. The van der Waals surface area contributed by atoms with Gasteiger partial charge in [-0.15, -0.1) is 5.10 Å². The second-order valence-electron chi connectivity index (χ2n) is 5.84. The van der Waals surface area contributed by atoms with Crippen LogP contribution in [0, 0.1) is 0 Å². The fourth-order valence-electron chi connectivity index (χ4n) is 1.71. The Hall–Kier alpha value is -2.08. The van der Waals surface area contributed by atoms with E-state index in [-0.39, 0.29) is 5.54 Å². The minimum absolute atomic E-state index is 0.0104. The van der Waals surface area contributed by atoms with Crippen LogP contribution in [0.15, 0.2) is 28.7 Å². The van der Waals surface area contributed by atoms with Crippen molar-refractivity contribution < 1.29 is 9.15 Å². The summed E-state index contributed by atoms with van der Waals surface area (Å²) in [6.07, 6.45) is 0. The van der Waals surface area contributed by atoms with Crippen molar-refractivity contribution in [3.8, 4) is 5.75 Å². The Kier molecular flexibility index (Phi) is 4.47. The van der Waals surface area contributed by atoms with Crippen LogP contribution in [0.1, 0.15) is 26.7 Å². The SMILES string of the molecule is COc1ccc(N(C)c2nnc(CNC(C)(C)C)o2)cc1. The van der Waals surface area contributed by atoms with Crippen molar-refractivity contribution >= 4 is 11.7 Å². The molecular formula is C15H22N4O2. The fraction of sp³-hybridized carbons (Fsp3) is 0.467. The Balaban J connectivity index is 2.05. The summed E-state index contributed by atoms with van der Waals surface area (Å²) in [6.45, 7) is 6.82. The summed E-state index contributed by atoms with van der Waals surface area (Å²) in [5, 5.41) is 11.4. The van der Waals surface area contributed by atoms with Crippen LogP contribution in [-0.2, 0) is 6.54 Å². The molecule has 21 heavy (non-hydrogen) atoms. The smallest absolute Gasteiger partial charge is 0.322 e. The van der Waals surface area contributed by atoms with Crippen molar-refractivity contribution in [2.75, 3.05) is 19.1 Å². The molecule has 0 aliphatic carbocycles. The molecule has 1 N–H and O–H groups in total. The van der Waals surface area contributed by atoms with Gasteiger partial charge in [-0.05, 0) is 45.0 Å². The molecule has 2 aromatic rings. The van der Waals surface area contributed by atoms with E-state index in [4.69, 9.17) is 9.15 Å². The molecule has 0 radical (unpaired) electrons. The topological polar surface area (TPSA) is 63.4 Å². The van der Waals surface area contributed by atoms with Crippen LogP contribution in [0.2, 0.25) is 0 Å². The summed E-state index contributed by atoms with van der Waals surface area (Å²) in [5.41, 5.74) is 0.964. The quantitative estimate of drug-likeness (QED) is 0.913. The Morgan fingerprint density at radius 1 is 1.19 bits per heavy atom. The summed E-state index contributed by atoms with van der Waals surface area (Å²) in [5.74, 6) is 1.38. The van der Waals surface area contributed by atoms with E-state index in [1.54, 1.807) is 7.11 Å². The Bertz CT molecular complexity index is 572. The number of nitrogens with zero attached hydrogens (tertiary/aromatic N) is 3. The molecule has 0 aliphatic rings. The molecule has 6 nitrogen and oxygen atoms in total. The van der Waals surface area contributed by atoms with Gasteiger partial charge in [-0.25, -0.2) is 0 Å². The first-order valence-corrected chi connectivity index (χ1v) is 6.84. The molecule has 1 aromatic heterocycles. The van der Waals surface area contributed by atoms with E-state index < -0.39 is 0 Å². The number of rotatable bonds is 5. The monoisotopic (exact) mass is 290 g/mol. The van der Waals surface area contributed by atoms with E-state index in [1.807, 2.05) is 36.2 Å². The molecule has 0 fully saturated rings. The number of anilines is 2. The van der Waals surface area contributed by atoms with Crippen molar-refractivity contribution in [1.82, 2.24) is 15.5 Å². The van der Waals surface area contributed by atoms with Crippen LogP contribution < -0.4 is 15.0 Å². The number of methoxy groups -OCH3 is 1. The highest BCUT2D eigenvalue weighted by molar-refractivity contribution is 5.56. The molecule has 0 saturated carbocycles. The van der Waals surface area contributed by atoms with Crippen LogP contribution in [0.25, 0.3) is 0 Å². The lowest BCUT2D eigenvalue weighted by Gasteiger charge is -2.18. The molecule has 2 rings (SSSR count). The van der Waals surface area contributed by atoms with E-state index in [2.05, 4.69) is 36.3 Å². The van der Waals surface area contributed by atoms with E-state index in [0.717, 1.165) is 11.4 Å². The van der Waals surface area contributed by atoms with Gasteiger partial charge in [0.1, 0.15) is 5.75 Å². The summed E-state index contributed by atoms with van der Waals surface area (Å²) in [6, 6.07) is 8.13. The molecule has 0 bridgehead atoms. The first-order valence-electron chi connectivity index (χ1n) is 6.84. The van der Waals surface area contributed by atoms with Crippen molar-refractivity contribution in [1.29, 1.82) is 0 Å². The first kappa shape index (κ1) is 15.3. The molecule has 1 aromatic carbocycles. The first-order chi connectivity index (χ1) is 9.89. The van der Waals surface area contributed by atoms with Gasteiger partial charge in [0.2, 0.25) is 5.89 Å². The highest BCUT2D eigenvalue weighted by atomic mass is 16.5. The van der Waals surface area contributed by atoms with Crippen molar-refractivity contribution in [2.45, 2.75) is 32.9 Å². The Morgan fingerprint density at radius 2 is 1.86 bits per heavy atom. The van der Waals surface area contributed by atoms with E-state index in [9.17, 15) is 0 Å². The molecule has 6 heteroatoms. The van der Waals surface area contributed by atoms with Gasteiger partial charge in [0.05, 0.1) is 13.7 Å². The summed E-state index contributed by atoms with van der Waals surface area (Å²) >= 11 is 0. The van der Waals surface area contributed by atoms with Gasteiger partial charge >= 0.3 is 6.01 Å². The molecule has 114 valence electrons. The zero-order valence-corrected chi connectivity index (χ0v) is 13.2. The maximum Gasteiger partial charge on any atom is 0.322 e. The zero-order chi connectivity index (χ0) is 15.5. The predicted octanol–water partition coefficient (Wildman–Crippen LogP) is 2.73. The number of benzene rings is 1.